The molecular weight excluding hydrogens is 394 g/mol. The van der Waals surface area contributed by atoms with Gasteiger partial charge in [0, 0.05) is 19.5 Å². The quantitative estimate of drug-likeness (QED) is 0.599. The molecule has 1 aromatic heterocycles. The van der Waals surface area contributed by atoms with Crippen LogP contribution in [-0.2, 0) is 11.2 Å². The summed E-state index contributed by atoms with van der Waals surface area (Å²) in [4.78, 5) is 13.8. The normalized spacial score (nSPS) is 16.6. The monoisotopic (exact) mass is 414 g/mol. The third-order valence-electron chi connectivity index (χ3n) is 4.71. The Bertz CT molecular complexity index is 984. The number of nitrogens with zero attached hydrogens (tertiary/aromatic N) is 3. The Morgan fingerprint density at radius 1 is 1.20 bits per heavy atom. The maximum Gasteiger partial charge on any atom is 0.387 e. The number of halogens is 2. The highest BCUT2D eigenvalue weighted by molar-refractivity contribution is 5.95. The van der Waals surface area contributed by atoms with Gasteiger partial charge in [-0.1, -0.05) is 24.3 Å². The van der Waals surface area contributed by atoms with Gasteiger partial charge < -0.3 is 14.8 Å². The molecule has 0 aliphatic carbocycles. The number of aromatic nitrogens is 3. The summed E-state index contributed by atoms with van der Waals surface area (Å²) < 4.78 is 34.5. The predicted molar refractivity (Wildman–Crippen MR) is 104 cm³/mol. The molecule has 1 atom stereocenters. The van der Waals surface area contributed by atoms with Crippen LogP contribution in [0.3, 0.4) is 0 Å². The number of carbonyl (C=O) groups is 1. The summed E-state index contributed by atoms with van der Waals surface area (Å²) in [6.07, 6.45) is 1.62. The molecule has 0 unspecified atom stereocenters. The van der Waals surface area contributed by atoms with Gasteiger partial charge in [0.2, 0.25) is 0 Å². The molecule has 1 saturated heterocycles. The van der Waals surface area contributed by atoms with E-state index < -0.39 is 6.61 Å². The third-order valence-corrected chi connectivity index (χ3v) is 4.71. The second-order valence-electron chi connectivity index (χ2n) is 6.80. The molecule has 9 heteroatoms. The van der Waals surface area contributed by atoms with Crippen molar-refractivity contribution >= 4 is 5.78 Å². The van der Waals surface area contributed by atoms with Gasteiger partial charge in [0.05, 0.1) is 24.6 Å². The molecule has 0 radical (unpaired) electrons. The molecule has 30 heavy (non-hydrogen) atoms. The van der Waals surface area contributed by atoms with Crippen LogP contribution in [0.25, 0.3) is 5.69 Å². The summed E-state index contributed by atoms with van der Waals surface area (Å²) in [6, 6.07) is 13.6. The van der Waals surface area contributed by atoms with Crippen molar-refractivity contribution in [2.24, 2.45) is 0 Å². The van der Waals surface area contributed by atoms with Crippen molar-refractivity contribution in [3.8, 4) is 11.4 Å². The summed E-state index contributed by atoms with van der Waals surface area (Å²) >= 11 is 0. The largest absolute Gasteiger partial charge is 0.435 e. The van der Waals surface area contributed by atoms with Crippen LogP contribution < -0.4 is 10.1 Å². The van der Waals surface area contributed by atoms with Crippen LogP contribution in [0, 0.1) is 0 Å². The number of hydrogen-bond donors (Lipinski definition) is 1. The number of benzene rings is 2. The Hall–Kier alpha value is -3.17. The van der Waals surface area contributed by atoms with E-state index in [9.17, 15) is 13.6 Å². The Kier molecular flexibility index (Phi) is 6.10. The second-order valence-corrected chi connectivity index (χ2v) is 6.80. The van der Waals surface area contributed by atoms with Crippen molar-refractivity contribution in [1.82, 2.24) is 20.3 Å². The van der Waals surface area contributed by atoms with Crippen LogP contribution in [0.5, 0.6) is 5.75 Å². The molecule has 4 rings (SSSR count). The first-order chi connectivity index (χ1) is 14.6. The van der Waals surface area contributed by atoms with E-state index in [1.165, 1.54) is 35.3 Å². The lowest BCUT2D eigenvalue weighted by molar-refractivity contribution is -0.0498. The highest BCUT2D eigenvalue weighted by Gasteiger charge is 2.17. The highest BCUT2D eigenvalue weighted by atomic mass is 19.3. The van der Waals surface area contributed by atoms with E-state index in [0.29, 0.717) is 12.3 Å². The average molecular weight is 414 g/mol. The molecule has 0 bridgehead atoms. The SMILES string of the molecule is O=C(Cc1ccc([C@H]2CNCCO2)cc1)c1cnn(-c2ccc(OC(F)F)cc2)n1. The van der Waals surface area contributed by atoms with E-state index in [2.05, 4.69) is 20.3 Å². The van der Waals surface area contributed by atoms with E-state index in [-0.39, 0.29) is 29.8 Å². The lowest BCUT2D eigenvalue weighted by atomic mass is 10.0. The van der Waals surface area contributed by atoms with Crippen LogP contribution in [0.2, 0.25) is 0 Å². The molecule has 7 nitrogen and oxygen atoms in total. The van der Waals surface area contributed by atoms with Crippen LogP contribution in [0.15, 0.2) is 54.7 Å². The number of carbonyl (C=O) groups excluding carboxylic acids is 1. The molecule has 3 aromatic rings. The number of morpholine rings is 1. The number of ketones is 1. The molecule has 1 fully saturated rings. The van der Waals surface area contributed by atoms with Crippen molar-refractivity contribution < 1.29 is 23.0 Å². The molecule has 2 heterocycles. The van der Waals surface area contributed by atoms with E-state index >= 15 is 0 Å². The second kappa shape index (κ2) is 9.10. The minimum absolute atomic E-state index is 0.0286. The van der Waals surface area contributed by atoms with Crippen molar-refractivity contribution in [2.75, 3.05) is 19.7 Å². The summed E-state index contributed by atoms with van der Waals surface area (Å²) in [5.41, 5.74) is 2.70. The summed E-state index contributed by atoms with van der Waals surface area (Å²) in [7, 11) is 0. The van der Waals surface area contributed by atoms with E-state index in [1.807, 2.05) is 24.3 Å². The third kappa shape index (κ3) is 4.87. The minimum Gasteiger partial charge on any atom is -0.435 e. The van der Waals surface area contributed by atoms with Crippen molar-refractivity contribution in [3.05, 3.63) is 71.5 Å². The van der Waals surface area contributed by atoms with Gasteiger partial charge in [-0.2, -0.15) is 18.7 Å². The molecule has 0 saturated carbocycles. The first kappa shape index (κ1) is 20.1. The molecular formula is C21H20F2N4O3. The van der Waals surface area contributed by atoms with Gasteiger partial charge in [-0.05, 0) is 35.4 Å². The van der Waals surface area contributed by atoms with Gasteiger partial charge in [0.15, 0.2) is 5.78 Å². The zero-order valence-corrected chi connectivity index (χ0v) is 16.0. The lowest BCUT2D eigenvalue weighted by Gasteiger charge is -2.24. The maximum absolute atomic E-state index is 12.6. The fourth-order valence-corrected chi connectivity index (χ4v) is 3.18. The molecule has 1 aliphatic heterocycles. The zero-order chi connectivity index (χ0) is 20.9. The molecule has 1 aliphatic rings. The molecule has 1 N–H and O–H groups in total. The Morgan fingerprint density at radius 3 is 2.63 bits per heavy atom. The number of Topliss-reactive ketones (excluding diaryl/α,β-unsaturated/α-hetero) is 1. The smallest absolute Gasteiger partial charge is 0.387 e. The number of rotatable bonds is 7. The van der Waals surface area contributed by atoms with Crippen LogP contribution >= 0.6 is 0 Å². The first-order valence-corrected chi connectivity index (χ1v) is 9.50. The summed E-state index contributed by atoms with van der Waals surface area (Å²) in [5, 5.41) is 11.6. The van der Waals surface area contributed by atoms with Crippen LogP contribution in [0.4, 0.5) is 8.78 Å². The van der Waals surface area contributed by atoms with E-state index in [4.69, 9.17) is 4.74 Å². The zero-order valence-electron chi connectivity index (χ0n) is 16.0. The van der Waals surface area contributed by atoms with Crippen molar-refractivity contribution in [3.63, 3.8) is 0 Å². The van der Waals surface area contributed by atoms with Gasteiger partial charge in [-0.25, -0.2) is 0 Å². The van der Waals surface area contributed by atoms with Gasteiger partial charge >= 0.3 is 6.61 Å². The molecule has 0 amide bonds. The van der Waals surface area contributed by atoms with Gasteiger partial charge in [0.1, 0.15) is 11.4 Å². The fraction of sp³-hybridized carbons (Fsp3) is 0.286. The van der Waals surface area contributed by atoms with Crippen LogP contribution in [0.1, 0.15) is 27.7 Å². The predicted octanol–water partition coefficient (Wildman–Crippen LogP) is 2.96. The Morgan fingerprint density at radius 2 is 1.97 bits per heavy atom. The lowest BCUT2D eigenvalue weighted by Crippen LogP contribution is -2.33. The summed E-state index contributed by atoms with van der Waals surface area (Å²) in [5.74, 6) is -0.128. The number of ether oxygens (including phenoxy) is 2. The van der Waals surface area contributed by atoms with E-state index in [0.717, 1.165) is 24.2 Å². The molecule has 2 aromatic carbocycles. The number of hydrogen-bond acceptors (Lipinski definition) is 6. The maximum atomic E-state index is 12.6. The highest BCUT2D eigenvalue weighted by Crippen LogP contribution is 2.20. The molecule has 0 spiro atoms. The Balaban J connectivity index is 1.39. The van der Waals surface area contributed by atoms with Gasteiger partial charge in [0.25, 0.3) is 0 Å². The summed E-state index contributed by atoms with van der Waals surface area (Å²) in [6.45, 7) is -0.569. The Labute approximate surface area is 171 Å². The van der Waals surface area contributed by atoms with Crippen molar-refractivity contribution in [2.45, 2.75) is 19.1 Å². The van der Waals surface area contributed by atoms with Crippen LogP contribution in [-0.4, -0.2) is 47.1 Å². The minimum atomic E-state index is -2.89. The van der Waals surface area contributed by atoms with Gasteiger partial charge in [-0.3, -0.25) is 4.79 Å². The first-order valence-electron chi connectivity index (χ1n) is 9.50. The topological polar surface area (TPSA) is 78.3 Å². The van der Waals surface area contributed by atoms with E-state index in [1.54, 1.807) is 0 Å². The number of alkyl halides is 2. The average Bonchev–Trinajstić information content (AvgIpc) is 3.25. The standard InChI is InChI=1S/C21H20F2N4O3/c22-21(23)30-17-7-5-16(6-8-17)27-25-12-18(26-27)19(28)11-14-1-3-15(4-2-14)20-13-24-9-10-29-20/h1-8,12,20-21,24H,9-11,13H2/t20-/m1/s1. The fourth-order valence-electron chi connectivity index (χ4n) is 3.18. The molecule has 156 valence electrons. The van der Waals surface area contributed by atoms with Gasteiger partial charge in [-0.15, -0.1) is 5.10 Å². The van der Waals surface area contributed by atoms with Crippen molar-refractivity contribution in [1.29, 1.82) is 0 Å². The number of nitrogens with one attached hydrogen (secondary N) is 1.